The van der Waals surface area contributed by atoms with Crippen LogP contribution in [0.1, 0.15) is 0 Å². The number of halogens is 1. The summed E-state index contributed by atoms with van der Waals surface area (Å²) in [7, 11) is 1.71. The zero-order valence-corrected chi connectivity index (χ0v) is 12.8. The number of anilines is 1. The molecule has 4 nitrogen and oxygen atoms in total. The standard InChI is InChI=1S/C14H21BrN2O2/c1-19-14-5-3-2-4-13(14)17-8-6-16(7-9-17)11-12(18)10-15/h2-5,12,18H,6-11H2,1H3. The van der Waals surface area contributed by atoms with Crippen molar-refractivity contribution in [3.63, 3.8) is 0 Å². The van der Waals surface area contributed by atoms with E-state index in [1.165, 1.54) is 0 Å². The normalized spacial score (nSPS) is 18.4. The number of nitrogens with zero attached hydrogens (tertiary/aromatic N) is 2. The Hall–Kier alpha value is -0.780. The van der Waals surface area contributed by atoms with Gasteiger partial charge in [-0.2, -0.15) is 0 Å². The lowest BCUT2D eigenvalue weighted by atomic mass is 10.2. The molecule has 0 aromatic heterocycles. The molecule has 2 rings (SSSR count). The molecule has 1 fully saturated rings. The Kier molecular flexibility index (Phi) is 5.48. The van der Waals surface area contributed by atoms with Crippen LogP contribution in [0.5, 0.6) is 5.75 Å². The van der Waals surface area contributed by atoms with Crippen molar-refractivity contribution in [3.05, 3.63) is 24.3 Å². The van der Waals surface area contributed by atoms with Gasteiger partial charge in [0.25, 0.3) is 0 Å². The summed E-state index contributed by atoms with van der Waals surface area (Å²) in [5.41, 5.74) is 1.16. The highest BCUT2D eigenvalue weighted by Crippen LogP contribution is 2.28. The van der Waals surface area contributed by atoms with Crippen LogP contribution in [0, 0.1) is 0 Å². The van der Waals surface area contributed by atoms with Crippen molar-refractivity contribution in [2.75, 3.05) is 50.1 Å². The van der Waals surface area contributed by atoms with Crippen molar-refractivity contribution in [2.24, 2.45) is 0 Å². The van der Waals surface area contributed by atoms with Crippen molar-refractivity contribution in [2.45, 2.75) is 6.10 Å². The third kappa shape index (κ3) is 3.84. The fourth-order valence-corrected chi connectivity index (χ4v) is 2.61. The number of rotatable bonds is 5. The lowest BCUT2D eigenvalue weighted by Crippen LogP contribution is -2.48. The third-order valence-corrected chi connectivity index (χ3v) is 4.19. The minimum absolute atomic E-state index is 0.280. The van der Waals surface area contributed by atoms with Gasteiger partial charge in [0.1, 0.15) is 5.75 Å². The number of aliphatic hydroxyl groups is 1. The summed E-state index contributed by atoms with van der Waals surface area (Å²) in [6, 6.07) is 8.13. The first kappa shape index (κ1) is 14.6. The summed E-state index contributed by atoms with van der Waals surface area (Å²) >= 11 is 3.31. The van der Waals surface area contributed by atoms with E-state index >= 15 is 0 Å². The fourth-order valence-electron chi connectivity index (χ4n) is 2.41. The first-order valence-corrected chi connectivity index (χ1v) is 7.71. The molecule has 1 unspecified atom stereocenters. The largest absolute Gasteiger partial charge is 0.495 e. The second-order valence-electron chi connectivity index (χ2n) is 4.77. The van der Waals surface area contributed by atoms with Crippen LogP contribution in [0.4, 0.5) is 5.69 Å². The molecular weight excluding hydrogens is 308 g/mol. The van der Waals surface area contributed by atoms with Crippen LogP contribution in [0.15, 0.2) is 24.3 Å². The lowest BCUT2D eigenvalue weighted by molar-refractivity contribution is 0.126. The number of para-hydroxylation sites is 2. The molecule has 5 heteroatoms. The Morgan fingerprint density at radius 2 is 1.95 bits per heavy atom. The number of β-amino-alcohol motifs (C(OH)–C–C–N with tert-alkyl or cyclic N) is 1. The van der Waals surface area contributed by atoms with E-state index in [2.05, 4.69) is 31.8 Å². The van der Waals surface area contributed by atoms with Crippen LogP contribution >= 0.6 is 15.9 Å². The molecule has 19 heavy (non-hydrogen) atoms. The molecular formula is C14H21BrN2O2. The van der Waals surface area contributed by atoms with Crippen LogP contribution in [0.25, 0.3) is 0 Å². The number of benzene rings is 1. The van der Waals surface area contributed by atoms with Gasteiger partial charge in [-0.1, -0.05) is 28.1 Å². The van der Waals surface area contributed by atoms with Gasteiger partial charge in [0, 0.05) is 38.1 Å². The van der Waals surface area contributed by atoms with Crippen LogP contribution in [-0.2, 0) is 0 Å². The maximum atomic E-state index is 9.65. The molecule has 1 N–H and O–H groups in total. The van der Waals surface area contributed by atoms with Gasteiger partial charge >= 0.3 is 0 Å². The highest BCUT2D eigenvalue weighted by atomic mass is 79.9. The predicted molar refractivity (Wildman–Crippen MR) is 81.4 cm³/mol. The predicted octanol–water partition coefficient (Wildman–Crippen LogP) is 1.57. The van der Waals surface area contributed by atoms with Gasteiger partial charge in [-0.05, 0) is 12.1 Å². The zero-order valence-electron chi connectivity index (χ0n) is 11.3. The Balaban J connectivity index is 1.92. The van der Waals surface area contributed by atoms with Gasteiger partial charge in [-0.3, -0.25) is 4.90 Å². The molecule has 0 aliphatic carbocycles. The maximum absolute atomic E-state index is 9.65. The van der Waals surface area contributed by atoms with Crippen molar-refractivity contribution in [1.29, 1.82) is 0 Å². The number of alkyl halides is 1. The van der Waals surface area contributed by atoms with E-state index in [-0.39, 0.29) is 6.10 Å². The number of hydrogen-bond donors (Lipinski definition) is 1. The maximum Gasteiger partial charge on any atom is 0.142 e. The number of piperazine rings is 1. The number of hydrogen-bond acceptors (Lipinski definition) is 4. The van der Waals surface area contributed by atoms with E-state index in [1.807, 2.05) is 18.2 Å². The summed E-state index contributed by atoms with van der Waals surface area (Å²) in [6.07, 6.45) is -0.280. The minimum Gasteiger partial charge on any atom is -0.495 e. The minimum atomic E-state index is -0.280. The molecule has 0 amide bonds. The SMILES string of the molecule is COc1ccccc1N1CCN(CC(O)CBr)CC1. The molecule has 106 valence electrons. The lowest BCUT2D eigenvalue weighted by Gasteiger charge is -2.37. The zero-order chi connectivity index (χ0) is 13.7. The average Bonchev–Trinajstić information content (AvgIpc) is 2.48. The molecule has 0 radical (unpaired) electrons. The van der Waals surface area contributed by atoms with Gasteiger partial charge in [-0.15, -0.1) is 0 Å². The van der Waals surface area contributed by atoms with Crippen molar-refractivity contribution < 1.29 is 9.84 Å². The van der Waals surface area contributed by atoms with Crippen molar-refractivity contribution in [3.8, 4) is 5.75 Å². The summed E-state index contributed by atoms with van der Waals surface area (Å²) < 4.78 is 5.41. The van der Waals surface area contributed by atoms with E-state index in [9.17, 15) is 5.11 Å². The van der Waals surface area contributed by atoms with Gasteiger partial charge < -0.3 is 14.7 Å². The Morgan fingerprint density at radius 1 is 1.26 bits per heavy atom. The van der Waals surface area contributed by atoms with Crippen molar-refractivity contribution >= 4 is 21.6 Å². The van der Waals surface area contributed by atoms with Gasteiger partial charge in [0.05, 0.1) is 18.9 Å². The third-order valence-electron chi connectivity index (χ3n) is 3.45. The summed E-state index contributed by atoms with van der Waals surface area (Å²) in [5.74, 6) is 0.927. The summed E-state index contributed by atoms with van der Waals surface area (Å²) in [5, 5.41) is 10.3. The molecule has 1 aromatic rings. The second kappa shape index (κ2) is 7.12. The molecule has 1 aromatic carbocycles. The van der Waals surface area contributed by atoms with Gasteiger partial charge in [0.15, 0.2) is 0 Å². The first-order valence-electron chi connectivity index (χ1n) is 6.59. The number of methoxy groups -OCH3 is 1. The molecule has 1 aliphatic heterocycles. The van der Waals surface area contributed by atoms with Gasteiger partial charge in [-0.25, -0.2) is 0 Å². The van der Waals surface area contributed by atoms with E-state index in [4.69, 9.17) is 4.74 Å². The van der Waals surface area contributed by atoms with E-state index in [1.54, 1.807) is 7.11 Å². The first-order chi connectivity index (χ1) is 9.24. The van der Waals surface area contributed by atoms with Gasteiger partial charge in [0.2, 0.25) is 0 Å². The topological polar surface area (TPSA) is 35.9 Å². The monoisotopic (exact) mass is 328 g/mol. The summed E-state index contributed by atoms with van der Waals surface area (Å²) in [4.78, 5) is 4.65. The molecule has 1 heterocycles. The Labute approximate surface area is 123 Å². The van der Waals surface area contributed by atoms with Crippen LogP contribution in [-0.4, -0.2) is 61.3 Å². The Bertz CT molecular complexity index is 395. The molecule has 1 aliphatic rings. The van der Waals surface area contributed by atoms with Crippen LogP contribution in [0.3, 0.4) is 0 Å². The molecule has 1 atom stereocenters. The second-order valence-corrected chi connectivity index (χ2v) is 5.42. The highest BCUT2D eigenvalue weighted by molar-refractivity contribution is 9.09. The van der Waals surface area contributed by atoms with E-state index in [0.29, 0.717) is 5.33 Å². The molecule has 0 saturated carbocycles. The summed E-state index contributed by atoms with van der Waals surface area (Å²) in [6.45, 7) is 4.62. The Morgan fingerprint density at radius 3 is 2.58 bits per heavy atom. The number of ether oxygens (including phenoxy) is 1. The van der Waals surface area contributed by atoms with E-state index < -0.39 is 0 Å². The van der Waals surface area contributed by atoms with Crippen LogP contribution in [0.2, 0.25) is 0 Å². The highest BCUT2D eigenvalue weighted by Gasteiger charge is 2.20. The quantitative estimate of drug-likeness (QED) is 0.832. The number of aliphatic hydroxyl groups excluding tert-OH is 1. The van der Waals surface area contributed by atoms with Crippen LogP contribution < -0.4 is 9.64 Å². The molecule has 0 spiro atoms. The fraction of sp³-hybridized carbons (Fsp3) is 0.571. The average molecular weight is 329 g/mol. The smallest absolute Gasteiger partial charge is 0.142 e. The van der Waals surface area contributed by atoms with E-state index in [0.717, 1.165) is 44.2 Å². The molecule has 0 bridgehead atoms. The molecule has 1 saturated heterocycles. The van der Waals surface area contributed by atoms with Crippen molar-refractivity contribution in [1.82, 2.24) is 4.90 Å².